The fraction of sp³-hybridized carbons (Fsp3) is 0.333. The molecule has 2 atom stereocenters. The van der Waals surface area contributed by atoms with Gasteiger partial charge in [0.25, 0.3) is 11.8 Å². The third-order valence-corrected chi connectivity index (χ3v) is 12.0. The molecule has 2 saturated heterocycles. The zero-order chi connectivity index (χ0) is 39.6. The molecule has 0 aromatic heterocycles. The van der Waals surface area contributed by atoms with E-state index in [-0.39, 0.29) is 30.2 Å². The van der Waals surface area contributed by atoms with Crippen molar-refractivity contribution in [1.29, 1.82) is 0 Å². The molecule has 5 aromatic rings. The lowest BCUT2D eigenvalue weighted by atomic mass is 9.94. The summed E-state index contributed by atoms with van der Waals surface area (Å²) in [4.78, 5) is 55.2. The molecule has 0 spiro atoms. The summed E-state index contributed by atoms with van der Waals surface area (Å²) in [6.07, 6.45) is 6.93. The summed E-state index contributed by atoms with van der Waals surface area (Å²) >= 11 is 0. The van der Waals surface area contributed by atoms with E-state index in [2.05, 4.69) is 63.8 Å². The van der Waals surface area contributed by atoms with Gasteiger partial charge in [0, 0.05) is 40.1 Å². The summed E-state index contributed by atoms with van der Waals surface area (Å²) < 4.78 is 0. The SMILES string of the molecule is Cc1ccc(N)cc1C(=O)N[C@H](C)c1ccc(C#CC2CCN(CCCCCc3ccc4c5c(cccc35)N(C3CCC(=O)NC3=O)C4=O)CC2)c2ccccc12. The van der Waals surface area contributed by atoms with Gasteiger partial charge in [0.2, 0.25) is 11.8 Å². The number of aryl methyl sites for hydroxylation is 2. The molecule has 4 amide bonds. The number of benzene rings is 5. The summed E-state index contributed by atoms with van der Waals surface area (Å²) in [7, 11) is 0. The van der Waals surface area contributed by atoms with E-state index in [1.165, 1.54) is 5.56 Å². The average molecular weight is 760 g/mol. The molecule has 5 aromatic carbocycles. The number of amides is 4. The number of hydrogen-bond donors (Lipinski definition) is 3. The number of anilines is 2. The summed E-state index contributed by atoms with van der Waals surface area (Å²) in [5.74, 6) is 6.49. The van der Waals surface area contributed by atoms with Crippen LogP contribution in [0.3, 0.4) is 0 Å². The normalized spacial score (nSPS) is 17.8. The van der Waals surface area contributed by atoms with Gasteiger partial charge in [-0.25, -0.2) is 0 Å². The van der Waals surface area contributed by atoms with Crippen LogP contribution in [0.1, 0.15) is 101 Å². The van der Waals surface area contributed by atoms with Crippen molar-refractivity contribution in [3.05, 3.63) is 118 Å². The second-order valence-corrected chi connectivity index (χ2v) is 15.8. The maximum absolute atomic E-state index is 13.5. The van der Waals surface area contributed by atoms with Gasteiger partial charge >= 0.3 is 0 Å². The Labute approximate surface area is 334 Å². The Morgan fingerprint density at radius 2 is 1.68 bits per heavy atom. The van der Waals surface area contributed by atoms with Crippen molar-refractivity contribution in [3.63, 3.8) is 0 Å². The third kappa shape index (κ3) is 7.75. The summed E-state index contributed by atoms with van der Waals surface area (Å²) in [5.41, 5.74) is 12.7. The molecule has 9 heteroatoms. The highest BCUT2D eigenvalue weighted by atomic mass is 16.2. The van der Waals surface area contributed by atoms with Crippen molar-refractivity contribution in [2.45, 2.75) is 77.3 Å². The Hall–Kier alpha value is -5.98. The van der Waals surface area contributed by atoms with E-state index in [0.29, 0.717) is 29.2 Å². The van der Waals surface area contributed by atoms with E-state index in [0.717, 1.165) is 102 Å². The first-order chi connectivity index (χ1) is 27.7. The summed E-state index contributed by atoms with van der Waals surface area (Å²) in [6.45, 7) is 7.11. The van der Waals surface area contributed by atoms with E-state index in [4.69, 9.17) is 5.73 Å². The van der Waals surface area contributed by atoms with Crippen LogP contribution in [0.5, 0.6) is 0 Å². The molecule has 0 bridgehead atoms. The molecule has 9 nitrogen and oxygen atoms in total. The van der Waals surface area contributed by atoms with Crippen molar-refractivity contribution in [1.82, 2.24) is 15.5 Å². The summed E-state index contributed by atoms with van der Waals surface area (Å²) in [5, 5.41) is 9.75. The van der Waals surface area contributed by atoms with Gasteiger partial charge in [-0.2, -0.15) is 0 Å². The van der Waals surface area contributed by atoms with Crippen molar-refractivity contribution < 1.29 is 19.2 Å². The minimum absolute atomic E-state index is 0.137. The van der Waals surface area contributed by atoms with Crippen molar-refractivity contribution in [3.8, 4) is 11.8 Å². The van der Waals surface area contributed by atoms with E-state index in [9.17, 15) is 19.2 Å². The highest BCUT2D eigenvalue weighted by Gasteiger charge is 2.40. The van der Waals surface area contributed by atoms with Crippen molar-refractivity contribution in [2.24, 2.45) is 5.92 Å². The van der Waals surface area contributed by atoms with Gasteiger partial charge < -0.3 is 16.0 Å². The van der Waals surface area contributed by atoms with Crippen LogP contribution in [0, 0.1) is 24.7 Å². The van der Waals surface area contributed by atoms with Crippen LogP contribution in [0.2, 0.25) is 0 Å². The van der Waals surface area contributed by atoms with Crippen LogP contribution in [-0.4, -0.2) is 54.2 Å². The smallest absolute Gasteiger partial charge is 0.259 e. The Balaban J connectivity index is 0.826. The number of hydrogen-bond acceptors (Lipinski definition) is 6. The van der Waals surface area contributed by atoms with E-state index in [1.807, 2.05) is 56.3 Å². The molecule has 57 heavy (non-hydrogen) atoms. The molecule has 0 saturated carbocycles. The zero-order valence-electron chi connectivity index (χ0n) is 32.7. The number of nitrogens with zero attached hydrogens (tertiary/aromatic N) is 2. The monoisotopic (exact) mass is 759 g/mol. The molecular weight excluding hydrogens is 711 g/mol. The van der Waals surface area contributed by atoms with Crippen molar-refractivity contribution in [2.75, 3.05) is 30.3 Å². The number of carbonyl (C=O) groups is 4. The van der Waals surface area contributed by atoms with Gasteiger partial charge in [0.1, 0.15) is 6.04 Å². The standard InChI is InChI=1S/C48H49N5O4/c1-30-14-19-35(49)29-41(30)46(55)50-31(2)36-20-17-34(37-10-5-6-11-39(36)37)16-15-32-24-27-52(28-25-32)26-7-3-4-9-33-18-21-40-45-38(33)12-8-13-42(45)53(48(40)57)43-22-23-44(54)51-47(43)56/h5-6,8,10-14,17-21,29,31-32,43H,3-4,7,9,22-28,49H2,1-2H3,(H,50,55)(H,51,54,56)/t31-,43?/m1/s1. The number of nitrogens with one attached hydrogen (secondary N) is 2. The molecular formula is C48H49N5O4. The zero-order valence-corrected chi connectivity index (χ0v) is 32.7. The Morgan fingerprint density at radius 1 is 0.895 bits per heavy atom. The van der Waals surface area contributed by atoms with Gasteiger partial charge in [-0.15, -0.1) is 0 Å². The van der Waals surface area contributed by atoms with Gasteiger partial charge in [0.05, 0.1) is 11.7 Å². The van der Waals surface area contributed by atoms with Crippen molar-refractivity contribution >= 4 is 56.5 Å². The quantitative estimate of drug-likeness (QED) is 0.0583. The molecule has 3 aliphatic rings. The number of carbonyl (C=O) groups excluding carboxylic acids is 4. The topological polar surface area (TPSA) is 125 Å². The van der Waals surface area contributed by atoms with Gasteiger partial charge in [0.15, 0.2) is 0 Å². The van der Waals surface area contributed by atoms with E-state index in [1.54, 1.807) is 11.0 Å². The molecule has 290 valence electrons. The molecule has 8 rings (SSSR count). The second-order valence-electron chi connectivity index (χ2n) is 15.8. The van der Waals surface area contributed by atoms with Crippen LogP contribution in [0.25, 0.3) is 21.5 Å². The number of piperidine rings is 2. The van der Waals surface area contributed by atoms with Crippen LogP contribution >= 0.6 is 0 Å². The Kier molecular flexibility index (Phi) is 10.8. The van der Waals surface area contributed by atoms with Gasteiger partial charge in [-0.3, -0.25) is 29.4 Å². The maximum Gasteiger partial charge on any atom is 0.259 e. The number of rotatable bonds is 10. The second kappa shape index (κ2) is 16.2. The van der Waals surface area contributed by atoms with E-state index >= 15 is 0 Å². The maximum atomic E-state index is 13.5. The molecule has 0 aliphatic carbocycles. The number of imide groups is 1. The predicted octanol–water partition coefficient (Wildman–Crippen LogP) is 7.62. The molecule has 2 fully saturated rings. The average Bonchev–Trinajstić information content (AvgIpc) is 3.50. The predicted molar refractivity (Wildman–Crippen MR) is 226 cm³/mol. The lowest BCUT2D eigenvalue weighted by Crippen LogP contribution is -2.53. The first-order valence-electron chi connectivity index (χ1n) is 20.3. The fourth-order valence-corrected chi connectivity index (χ4v) is 8.88. The summed E-state index contributed by atoms with van der Waals surface area (Å²) in [6, 6.07) is 27.0. The Bertz CT molecular complexity index is 2470. The lowest BCUT2D eigenvalue weighted by molar-refractivity contribution is -0.134. The molecule has 4 N–H and O–H groups in total. The van der Waals surface area contributed by atoms with E-state index < -0.39 is 11.9 Å². The van der Waals surface area contributed by atoms with Crippen LogP contribution in [-0.2, 0) is 16.0 Å². The fourth-order valence-electron chi connectivity index (χ4n) is 8.88. The highest BCUT2D eigenvalue weighted by molar-refractivity contribution is 6.27. The molecule has 3 heterocycles. The minimum atomic E-state index is -0.671. The van der Waals surface area contributed by atoms with Crippen LogP contribution in [0.15, 0.2) is 84.9 Å². The number of unbranched alkanes of at least 4 members (excludes halogenated alkanes) is 2. The minimum Gasteiger partial charge on any atom is -0.399 e. The number of nitrogens with two attached hydrogens (primary N) is 1. The largest absolute Gasteiger partial charge is 0.399 e. The Morgan fingerprint density at radius 3 is 2.49 bits per heavy atom. The number of fused-ring (bicyclic) bond motifs is 1. The number of nitrogen functional groups attached to an aromatic ring is 1. The van der Waals surface area contributed by atoms with Gasteiger partial charge in [-0.05, 0) is 135 Å². The highest BCUT2D eigenvalue weighted by Crippen LogP contribution is 2.41. The third-order valence-electron chi connectivity index (χ3n) is 12.0. The first kappa shape index (κ1) is 37.9. The first-order valence-corrected chi connectivity index (χ1v) is 20.3. The molecule has 0 radical (unpaired) electrons. The van der Waals surface area contributed by atoms with Crippen LogP contribution in [0.4, 0.5) is 11.4 Å². The van der Waals surface area contributed by atoms with Gasteiger partial charge in [-0.1, -0.05) is 72.9 Å². The van der Waals surface area contributed by atoms with Crippen LogP contribution < -0.4 is 21.3 Å². The lowest BCUT2D eigenvalue weighted by Gasteiger charge is -2.30. The number of likely N-dealkylation sites (tertiary alicyclic amines) is 1. The molecule has 3 aliphatic heterocycles. The molecule has 1 unspecified atom stereocenters.